The van der Waals surface area contributed by atoms with Crippen molar-refractivity contribution in [3.05, 3.63) is 59.9 Å². The molecule has 8 heteroatoms. The molecule has 0 bridgehead atoms. The normalized spacial score (nSPS) is 10.9. The Labute approximate surface area is 146 Å². The molecule has 0 aliphatic carbocycles. The van der Waals surface area contributed by atoms with Crippen LogP contribution in [-0.4, -0.2) is 26.8 Å². The van der Waals surface area contributed by atoms with Gasteiger partial charge in [-0.15, -0.1) is 0 Å². The van der Waals surface area contributed by atoms with Crippen molar-refractivity contribution in [2.24, 2.45) is 0 Å². The molecule has 0 saturated heterocycles. The fourth-order valence-corrected chi connectivity index (χ4v) is 2.70. The van der Waals surface area contributed by atoms with Gasteiger partial charge >= 0.3 is 0 Å². The van der Waals surface area contributed by atoms with Crippen molar-refractivity contribution >= 4 is 23.4 Å². The van der Waals surface area contributed by atoms with E-state index in [1.165, 1.54) is 24.3 Å². The minimum Gasteiger partial charge on any atom is -0.322 e. The first kappa shape index (κ1) is 17.1. The van der Waals surface area contributed by atoms with Crippen molar-refractivity contribution in [1.82, 2.24) is 15.2 Å². The summed E-state index contributed by atoms with van der Waals surface area (Å²) in [4.78, 5) is 17.0. The molecule has 25 heavy (non-hydrogen) atoms. The zero-order valence-corrected chi connectivity index (χ0v) is 14.0. The van der Waals surface area contributed by atoms with E-state index in [0.717, 1.165) is 5.56 Å². The van der Waals surface area contributed by atoms with E-state index in [2.05, 4.69) is 20.5 Å². The van der Waals surface area contributed by atoms with Gasteiger partial charge in [0.15, 0.2) is 5.82 Å². The molecule has 0 spiro atoms. The summed E-state index contributed by atoms with van der Waals surface area (Å²) in [5.41, 5.74) is 1.75. The molecule has 2 N–H and O–H groups in total. The number of carbonyl (C=O) groups excluding carboxylic acids is 1. The first-order valence-corrected chi connectivity index (χ1v) is 8.25. The van der Waals surface area contributed by atoms with Crippen LogP contribution < -0.4 is 5.32 Å². The lowest BCUT2D eigenvalue weighted by Crippen LogP contribution is -2.11. The Hall–Kier alpha value is -2.74. The highest BCUT2D eigenvalue weighted by Crippen LogP contribution is 2.25. The molecule has 0 radical (unpaired) electrons. The molecule has 128 valence electrons. The van der Waals surface area contributed by atoms with E-state index in [1.54, 1.807) is 25.1 Å². The lowest BCUT2D eigenvalue weighted by atomic mass is 10.1. The SMILES string of the molecule is Cc1nc(-c2cccc(NC(=O)c3ccc(SC(F)F)cc3)c2)n[nH]1. The summed E-state index contributed by atoms with van der Waals surface area (Å²) < 4.78 is 24.6. The fourth-order valence-electron chi connectivity index (χ4n) is 2.20. The average Bonchev–Trinajstić information content (AvgIpc) is 3.02. The van der Waals surface area contributed by atoms with Crippen molar-refractivity contribution in [2.75, 3.05) is 5.32 Å². The average molecular weight is 360 g/mol. The molecular formula is C17H14F2N4OS. The smallest absolute Gasteiger partial charge is 0.288 e. The van der Waals surface area contributed by atoms with Crippen LogP contribution in [0.4, 0.5) is 14.5 Å². The first-order chi connectivity index (χ1) is 12.0. The van der Waals surface area contributed by atoms with Gasteiger partial charge < -0.3 is 5.32 Å². The fraction of sp³-hybridized carbons (Fsp3) is 0.118. The predicted octanol–water partition coefficient (Wildman–Crippen LogP) is 4.35. The second-order valence-corrected chi connectivity index (χ2v) is 6.25. The number of halogens is 2. The number of amides is 1. The molecule has 0 saturated carbocycles. The van der Waals surface area contributed by atoms with Crippen molar-refractivity contribution < 1.29 is 13.6 Å². The first-order valence-electron chi connectivity index (χ1n) is 7.37. The monoisotopic (exact) mass is 360 g/mol. The van der Waals surface area contributed by atoms with E-state index in [0.29, 0.717) is 39.6 Å². The third-order valence-electron chi connectivity index (χ3n) is 3.32. The van der Waals surface area contributed by atoms with Crippen LogP contribution in [0.5, 0.6) is 0 Å². The molecule has 0 aliphatic heterocycles. The van der Waals surface area contributed by atoms with Gasteiger partial charge in [0.1, 0.15) is 5.82 Å². The maximum Gasteiger partial charge on any atom is 0.288 e. The van der Waals surface area contributed by atoms with Gasteiger partial charge in [-0.2, -0.15) is 13.9 Å². The van der Waals surface area contributed by atoms with Crippen LogP contribution in [0.2, 0.25) is 0 Å². The van der Waals surface area contributed by atoms with Crippen LogP contribution in [-0.2, 0) is 0 Å². The number of thioether (sulfide) groups is 1. The van der Waals surface area contributed by atoms with Gasteiger partial charge in [0, 0.05) is 21.7 Å². The van der Waals surface area contributed by atoms with Crippen molar-refractivity contribution in [3.63, 3.8) is 0 Å². The van der Waals surface area contributed by atoms with Crippen molar-refractivity contribution in [1.29, 1.82) is 0 Å². The van der Waals surface area contributed by atoms with Crippen molar-refractivity contribution in [3.8, 4) is 11.4 Å². The number of nitrogens with one attached hydrogen (secondary N) is 2. The van der Waals surface area contributed by atoms with Gasteiger partial charge in [-0.05, 0) is 43.3 Å². The standard InChI is InChI=1S/C17H14F2N4OS/c1-10-20-15(23-22-10)12-3-2-4-13(9-12)21-16(24)11-5-7-14(8-6-11)25-17(18)19/h2-9,17H,1H3,(H,21,24)(H,20,22,23). The number of carbonyl (C=O) groups is 1. The summed E-state index contributed by atoms with van der Waals surface area (Å²) in [5, 5.41) is 9.63. The number of nitrogens with zero attached hydrogens (tertiary/aromatic N) is 2. The van der Waals surface area contributed by atoms with Crippen LogP contribution in [0, 0.1) is 6.92 Å². The summed E-state index contributed by atoms with van der Waals surface area (Å²) >= 11 is 0.442. The number of hydrogen-bond donors (Lipinski definition) is 2. The number of aromatic amines is 1. The van der Waals surface area contributed by atoms with Gasteiger partial charge in [0.05, 0.1) is 0 Å². The second-order valence-electron chi connectivity index (χ2n) is 5.18. The van der Waals surface area contributed by atoms with E-state index in [-0.39, 0.29) is 5.91 Å². The molecule has 0 atom stereocenters. The molecule has 1 aromatic heterocycles. The maximum atomic E-state index is 12.3. The molecule has 0 aliphatic rings. The van der Waals surface area contributed by atoms with Crippen LogP contribution >= 0.6 is 11.8 Å². The van der Waals surface area contributed by atoms with E-state index in [4.69, 9.17) is 0 Å². The highest BCUT2D eigenvalue weighted by Gasteiger charge is 2.10. The van der Waals surface area contributed by atoms with E-state index in [9.17, 15) is 13.6 Å². The number of aromatic nitrogens is 3. The number of benzene rings is 2. The molecule has 3 rings (SSSR count). The molecule has 1 amide bonds. The third-order valence-corrected chi connectivity index (χ3v) is 4.04. The van der Waals surface area contributed by atoms with E-state index in [1.807, 2.05) is 6.07 Å². The van der Waals surface area contributed by atoms with Gasteiger partial charge in [0.2, 0.25) is 0 Å². The molecule has 2 aromatic carbocycles. The molecule has 3 aromatic rings. The number of rotatable bonds is 5. The molecule has 0 unspecified atom stereocenters. The Balaban J connectivity index is 1.72. The number of hydrogen-bond acceptors (Lipinski definition) is 4. The van der Waals surface area contributed by atoms with Gasteiger partial charge in [-0.25, -0.2) is 4.98 Å². The Kier molecular flexibility index (Phi) is 5.08. The summed E-state index contributed by atoms with van der Waals surface area (Å²) in [7, 11) is 0. The highest BCUT2D eigenvalue weighted by atomic mass is 32.2. The quantitative estimate of drug-likeness (QED) is 0.664. The number of alkyl halides is 2. The van der Waals surface area contributed by atoms with Crippen LogP contribution in [0.15, 0.2) is 53.4 Å². The molecule has 5 nitrogen and oxygen atoms in total. The summed E-state index contributed by atoms with van der Waals surface area (Å²) in [6, 6.07) is 13.2. The number of aryl methyl sites for hydroxylation is 1. The van der Waals surface area contributed by atoms with Crippen LogP contribution in [0.1, 0.15) is 16.2 Å². The minimum atomic E-state index is -2.48. The molecular weight excluding hydrogens is 346 g/mol. The Morgan fingerprint density at radius 2 is 1.96 bits per heavy atom. The van der Waals surface area contributed by atoms with E-state index >= 15 is 0 Å². The zero-order valence-electron chi connectivity index (χ0n) is 13.2. The maximum absolute atomic E-state index is 12.3. The molecule has 1 heterocycles. The lowest BCUT2D eigenvalue weighted by Gasteiger charge is -2.07. The van der Waals surface area contributed by atoms with Gasteiger partial charge in [-0.1, -0.05) is 23.9 Å². The summed E-state index contributed by atoms with van der Waals surface area (Å²) in [6.45, 7) is 1.80. The van der Waals surface area contributed by atoms with E-state index < -0.39 is 5.76 Å². The highest BCUT2D eigenvalue weighted by molar-refractivity contribution is 7.99. The zero-order chi connectivity index (χ0) is 17.8. The van der Waals surface area contributed by atoms with Gasteiger partial charge in [0.25, 0.3) is 11.7 Å². The van der Waals surface area contributed by atoms with Crippen molar-refractivity contribution in [2.45, 2.75) is 17.6 Å². The molecule has 0 fully saturated rings. The predicted molar refractivity (Wildman–Crippen MR) is 92.8 cm³/mol. The largest absolute Gasteiger partial charge is 0.322 e. The van der Waals surface area contributed by atoms with Gasteiger partial charge in [-0.3, -0.25) is 9.89 Å². The van der Waals surface area contributed by atoms with Crippen LogP contribution in [0.25, 0.3) is 11.4 Å². The lowest BCUT2D eigenvalue weighted by molar-refractivity contribution is 0.102. The minimum absolute atomic E-state index is 0.322. The Bertz CT molecular complexity index is 880. The Morgan fingerprint density at radius 1 is 1.20 bits per heavy atom. The third kappa shape index (κ3) is 4.42. The second kappa shape index (κ2) is 7.43. The van der Waals surface area contributed by atoms with Crippen LogP contribution in [0.3, 0.4) is 0 Å². The Morgan fingerprint density at radius 3 is 2.60 bits per heavy atom. The number of H-pyrrole nitrogens is 1. The topological polar surface area (TPSA) is 70.7 Å². The summed E-state index contributed by atoms with van der Waals surface area (Å²) in [6.07, 6.45) is 0. The summed E-state index contributed by atoms with van der Waals surface area (Å²) in [5.74, 6) is -1.56. The number of anilines is 1.